The van der Waals surface area contributed by atoms with E-state index in [1.54, 1.807) is 18.2 Å². The molecule has 1 N–H and O–H groups in total. The van der Waals surface area contributed by atoms with E-state index in [2.05, 4.69) is 5.32 Å². The number of hydrogen-bond acceptors (Lipinski definition) is 1. The summed E-state index contributed by atoms with van der Waals surface area (Å²) in [5.74, 6) is -0.283. The fraction of sp³-hybridized carbons (Fsp3) is 0.188. The van der Waals surface area contributed by atoms with E-state index in [1.807, 2.05) is 37.3 Å². The van der Waals surface area contributed by atoms with Crippen LogP contribution in [-0.2, 0) is 4.79 Å². The van der Waals surface area contributed by atoms with Crippen LogP contribution in [0, 0.1) is 0 Å². The average molecular weight is 308 g/mol. The third-order valence-electron chi connectivity index (χ3n) is 3.11. The van der Waals surface area contributed by atoms with Gasteiger partial charge < -0.3 is 5.32 Å². The second-order valence-corrected chi connectivity index (χ2v) is 5.33. The van der Waals surface area contributed by atoms with Gasteiger partial charge in [0.25, 0.3) is 0 Å². The summed E-state index contributed by atoms with van der Waals surface area (Å²) in [6, 6.07) is 14.7. The molecule has 0 aromatic heterocycles. The Hall–Kier alpha value is -1.51. The first kappa shape index (κ1) is 14.9. The molecule has 2 rings (SSSR count). The van der Waals surface area contributed by atoms with Crippen LogP contribution in [0.5, 0.6) is 0 Å². The molecular formula is C16H15Cl2NO. The normalized spacial score (nSPS) is 11.9. The lowest BCUT2D eigenvalue weighted by Crippen LogP contribution is -2.20. The van der Waals surface area contributed by atoms with Crippen LogP contribution in [-0.4, -0.2) is 5.91 Å². The topological polar surface area (TPSA) is 29.1 Å². The van der Waals surface area contributed by atoms with E-state index in [4.69, 9.17) is 23.2 Å². The van der Waals surface area contributed by atoms with Crippen LogP contribution in [0.4, 0.5) is 5.69 Å². The summed E-state index contributed by atoms with van der Waals surface area (Å²) in [5.41, 5.74) is 1.53. The zero-order chi connectivity index (χ0) is 14.5. The fourth-order valence-electron chi connectivity index (χ4n) is 2.07. The minimum Gasteiger partial charge on any atom is -0.324 e. The van der Waals surface area contributed by atoms with Crippen molar-refractivity contribution >= 4 is 34.8 Å². The maximum absolute atomic E-state index is 12.4. The van der Waals surface area contributed by atoms with Gasteiger partial charge in [0.15, 0.2) is 0 Å². The standard InChI is InChI=1S/C16H15Cl2NO/c1-2-13(11-6-4-3-5-7-11)16(20)19-15-10-12(17)8-9-14(15)18/h3-10,13H,2H2,1H3,(H,19,20). The molecule has 0 aliphatic rings. The number of halogens is 2. The Morgan fingerprint density at radius 2 is 1.85 bits per heavy atom. The van der Waals surface area contributed by atoms with Gasteiger partial charge in [0.1, 0.15) is 0 Å². The first-order valence-corrected chi connectivity index (χ1v) is 7.18. The monoisotopic (exact) mass is 307 g/mol. The van der Waals surface area contributed by atoms with Crippen molar-refractivity contribution in [2.45, 2.75) is 19.3 Å². The predicted octanol–water partition coefficient (Wildman–Crippen LogP) is 5.13. The fourth-order valence-corrected chi connectivity index (χ4v) is 2.41. The zero-order valence-electron chi connectivity index (χ0n) is 11.1. The van der Waals surface area contributed by atoms with Gasteiger partial charge in [-0.25, -0.2) is 0 Å². The second-order valence-electron chi connectivity index (χ2n) is 4.48. The number of hydrogen-bond donors (Lipinski definition) is 1. The van der Waals surface area contributed by atoms with Crippen molar-refractivity contribution in [3.8, 4) is 0 Å². The lowest BCUT2D eigenvalue weighted by Gasteiger charge is -2.16. The number of benzene rings is 2. The van der Waals surface area contributed by atoms with Crippen molar-refractivity contribution in [3.63, 3.8) is 0 Å². The van der Waals surface area contributed by atoms with Crippen LogP contribution in [0.2, 0.25) is 10.0 Å². The number of nitrogens with one attached hydrogen (secondary N) is 1. The minimum atomic E-state index is -0.203. The molecule has 0 aliphatic heterocycles. The smallest absolute Gasteiger partial charge is 0.231 e. The summed E-state index contributed by atoms with van der Waals surface area (Å²) < 4.78 is 0. The number of carbonyl (C=O) groups excluding carboxylic acids is 1. The molecule has 0 heterocycles. The zero-order valence-corrected chi connectivity index (χ0v) is 12.6. The van der Waals surface area contributed by atoms with Gasteiger partial charge in [-0.15, -0.1) is 0 Å². The lowest BCUT2D eigenvalue weighted by atomic mass is 9.95. The van der Waals surface area contributed by atoms with E-state index in [-0.39, 0.29) is 11.8 Å². The van der Waals surface area contributed by atoms with E-state index < -0.39 is 0 Å². The van der Waals surface area contributed by atoms with E-state index in [9.17, 15) is 4.79 Å². The molecule has 2 aromatic carbocycles. The van der Waals surface area contributed by atoms with Crippen molar-refractivity contribution in [2.24, 2.45) is 0 Å². The molecule has 2 aromatic rings. The van der Waals surface area contributed by atoms with E-state index in [0.29, 0.717) is 22.2 Å². The molecular weight excluding hydrogens is 293 g/mol. The molecule has 1 atom stereocenters. The van der Waals surface area contributed by atoms with Gasteiger partial charge in [0.2, 0.25) is 5.91 Å². The number of anilines is 1. The first-order valence-electron chi connectivity index (χ1n) is 6.42. The third-order valence-corrected chi connectivity index (χ3v) is 3.68. The third kappa shape index (κ3) is 3.53. The minimum absolute atomic E-state index is 0.0807. The van der Waals surface area contributed by atoms with Crippen LogP contribution in [0.1, 0.15) is 24.8 Å². The summed E-state index contributed by atoms with van der Waals surface area (Å²) in [7, 11) is 0. The Morgan fingerprint density at radius 3 is 2.50 bits per heavy atom. The maximum atomic E-state index is 12.4. The van der Waals surface area contributed by atoms with Crippen molar-refractivity contribution < 1.29 is 4.79 Å². The van der Waals surface area contributed by atoms with Gasteiger partial charge in [-0.05, 0) is 30.2 Å². The van der Waals surface area contributed by atoms with Crippen LogP contribution in [0.3, 0.4) is 0 Å². The van der Waals surface area contributed by atoms with Crippen molar-refractivity contribution in [2.75, 3.05) is 5.32 Å². The molecule has 0 aliphatic carbocycles. The summed E-state index contributed by atoms with van der Waals surface area (Å²) >= 11 is 12.0. The van der Waals surface area contributed by atoms with Crippen LogP contribution in [0.25, 0.3) is 0 Å². The lowest BCUT2D eigenvalue weighted by molar-refractivity contribution is -0.117. The Morgan fingerprint density at radius 1 is 1.15 bits per heavy atom. The molecule has 1 unspecified atom stereocenters. The van der Waals surface area contributed by atoms with Crippen molar-refractivity contribution in [1.29, 1.82) is 0 Å². The van der Waals surface area contributed by atoms with Crippen LogP contribution < -0.4 is 5.32 Å². The number of carbonyl (C=O) groups is 1. The summed E-state index contributed by atoms with van der Waals surface area (Å²) in [5, 5.41) is 3.86. The predicted molar refractivity (Wildman–Crippen MR) is 84.6 cm³/mol. The highest BCUT2D eigenvalue weighted by Gasteiger charge is 2.19. The average Bonchev–Trinajstić information content (AvgIpc) is 2.45. The maximum Gasteiger partial charge on any atom is 0.231 e. The van der Waals surface area contributed by atoms with Gasteiger partial charge in [0.05, 0.1) is 16.6 Å². The van der Waals surface area contributed by atoms with Gasteiger partial charge >= 0.3 is 0 Å². The van der Waals surface area contributed by atoms with E-state index in [0.717, 1.165) is 5.56 Å². The first-order chi connectivity index (χ1) is 9.61. The highest BCUT2D eigenvalue weighted by atomic mass is 35.5. The quantitative estimate of drug-likeness (QED) is 0.834. The van der Waals surface area contributed by atoms with E-state index >= 15 is 0 Å². The second kappa shape index (κ2) is 6.78. The Balaban J connectivity index is 2.20. The molecule has 0 saturated heterocycles. The van der Waals surface area contributed by atoms with Gasteiger partial charge in [-0.1, -0.05) is 60.5 Å². The van der Waals surface area contributed by atoms with Gasteiger partial charge in [0, 0.05) is 5.02 Å². The molecule has 2 nitrogen and oxygen atoms in total. The molecule has 0 spiro atoms. The molecule has 0 bridgehead atoms. The Bertz CT molecular complexity index is 599. The van der Waals surface area contributed by atoms with Crippen molar-refractivity contribution in [1.82, 2.24) is 0 Å². The molecule has 20 heavy (non-hydrogen) atoms. The van der Waals surface area contributed by atoms with Gasteiger partial charge in [-0.3, -0.25) is 4.79 Å². The van der Waals surface area contributed by atoms with E-state index in [1.165, 1.54) is 0 Å². The summed E-state index contributed by atoms with van der Waals surface area (Å²) in [6.45, 7) is 1.98. The highest BCUT2D eigenvalue weighted by molar-refractivity contribution is 6.35. The van der Waals surface area contributed by atoms with Crippen LogP contribution in [0.15, 0.2) is 48.5 Å². The van der Waals surface area contributed by atoms with Crippen LogP contribution >= 0.6 is 23.2 Å². The Kier molecular flexibility index (Phi) is 5.05. The number of rotatable bonds is 4. The van der Waals surface area contributed by atoms with Gasteiger partial charge in [-0.2, -0.15) is 0 Å². The molecule has 104 valence electrons. The summed E-state index contributed by atoms with van der Waals surface area (Å²) in [6.07, 6.45) is 0.716. The molecule has 4 heteroatoms. The molecule has 1 amide bonds. The Labute approximate surface area is 128 Å². The molecule has 0 fully saturated rings. The molecule has 0 saturated carbocycles. The summed E-state index contributed by atoms with van der Waals surface area (Å²) in [4.78, 5) is 12.4. The van der Waals surface area contributed by atoms with Crippen molar-refractivity contribution in [3.05, 3.63) is 64.1 Å². The highest BCUT2D eigenvalue weighted by Crippen LogP contribution is 2.28. The molecule has 0 radical (unpaired) electrons. The number of amides is 1. The SMILES string of the molecule is CCC(C(=O)Nc1cc(Cl)ccc1Cl)c1ccccc1. The largest absolute Gasteiger partial charge is 0.324 e.